The summed E-state index contributed by atoms with van der Waals surface area (Å²) in [7, 11) is 3.65. The summed E-state index contributed by atoms with van der Waals surface area (Å²) in [6.07, 6.45) is 3.84. The van der Waals surface area contributed by atoms with Crippen molar-refractivity contribution in [1.82, 2.24) is 14.7 Å². The Morgan fingerprint density at radius 2 is 1.82 bits per heavy atom. The van der Waals surface area contributed by atoms with Crippen LogP contribution in [0.25, 0.3) is 5.69 Å². The van der Waals surface area contributed by atoms with Crippen LogP contribution in [0.1, 0.15) is 40.2 Å². The molecule has 2 heterocycles. The van der Waals surface area contributed by atoms with Gasteiger partial charge >= 0.3 is 0 Å². The van der Waals surface area contributed by atoms with Crippen LogP contribution < -0.4 is 9.64 Å². The van der Waals surface area contributed by atoms with Gasteiger partial charge in [-0.15, -0.1) is 0 Å². The zero-order valence-electron chi connectivity index (χ0n) is 22.1. The number of likely N-dealkylation sites (N-methyl/N-ethyl adjacent to an activating group) is 1. The summed E-state index contributed by atoms with van der Waals surface area (Å²) in [4.78, 5) is 28.0. The summed E-state index contributed by atoms with van der Waals surface area (Å²) in [5.74, 6) is 0.713. The van der Waals surface area contributed by atoms with Gasteiger partial charge in [-0.25, -0.2) is 4.68 Å². The lowest BCUT2D eigenvalue weighted by Gasteiger charge is -2.31. The van der Waals surface area contributed by atoms with E-state index in [1.165, 1.54) is 18.4 Å². The lowest BCUT2D eigenvalue weighted by atomic mass is 9.94. The predicted octanol–water partition coefficient (Wildman–Crippen LogP) is 4.00. The Morgan fingerprint density at radius 1 is 1.11 bits per heavy atom. The molecular weight excluding hydrogens is 482 g/mol. The molecule has 0 N–H and O–H groups in total. The molecule has 0 spiro atoms. The van der Waals surface area contributed by atoms with Gasteiger partial charge in [0, 0.05) is 49.9 Å². The van der Waals surface area contributed by atoms with Gasteiger partial charge in [0.1, 0.15) is 18.0 Å². The second-order valence-electron chi connectivity index (χ2n) is 10.2. The van der Waals surface area contributed by atoms with E-state index in [9.17, 15) is 9.70 Å². The first-order chi connectivity index (χ1) is 18.6. The largest absolute Gasteiger partial charge is 0.497 e. The highest BCUT2D eigenvalue weighted by Gasteiger charge is 2.45. The van der Waals surface area contributed by atoms with E-state index in [0.29, 0.717) is 30.1 Å². The molecule has 2 aliphatic rings. The number of anilines is 1. The molecule has 1 aliphatic heterocycles. The van der Waals surface area contributed by atoms with Crippen LogP contribution in [0.4, 0.5) is 5.69 Å². The maximum Gasteiger partial charge on any atom is 0.168 e. The molecule has 9 heteroatoms. The van der Waals surface area contributed by atoms with Gasteiger partial charge in [-0.1, -0.05) is 17.3 Å². The number of hydrogen-bond acceptors (Lipinski definition) is 8. The van der Waals surface area contributed by atoms with Crippen LogP contribution in [0, 0.1) is 4.91 Å². The molecule has 0 bridgehead atoms. The fourth-order valence-electron chi connectivity index (χ4n) is 5.37. The third-order valence-electron chi connectivity index (χ3n) is 7.85. The average Bonchev–Trinajstić information content (AvgIpc) is 3.66. The Bertz CT molecular complexity index is 1250. The van der Waals surface area contributed by atoms with Crippen molar-refractivity contribution in [3.63, 3.8) is 0 Å². The first-order valence-corrected chi connectivity index (χ1v) is 13.2. The van der Waals surface area contributed by atoms with Crippen LogP contribution >= 0.6 is 0 Å². The quantitative estimate of drug-likeness (QED) is 0.265. The number of methoxy groups -OCH3 is 1. The van der Waals surface area contributed by atoms with E-state index in [2.05, 4.69) is 44.3 Å². The van der Waals surface area contributed by atoms with Crippen LogP contribution in [-0.2, 0) is 23.1 Å². The van der Waals surface area contributed by atoms with Crippen LogP contribution in [0.2, 0.25) is 0 Å². The number of rotatable bonds is 12. The molecule has 2 fully saturated rings. The van der Waals surface area contributed by atoms with E-state index in [1.54, 1.807) is 11.8 Å². The molecule has 1 aromatic heterocycles. The van der Waals surface area contributed by atoms with Crippen molar-refractivity contribution < 1.29 is 14.3 Å². The second-order valence-corrected chi connectivity index (χ2v) is 10.2. The van der Waals surface area contributed by atoms with E-state index in [0.717, 1.165) is 56.1 Å². The molecule has 38 heavy (non-hydrogen) atoms. The Balaban J connectivity index is 1.28. The number of aromatic nitrogens is 2. The van der Waals surface area contributed by atoms with Crippen LogP contribution in [0.15, 0.2) is 53.7 Å². The highest BCUT2D eigenvalue weighted by molar-refractivity contribution is 5.76. The summed E-state index contributed by atoms with van der Waals surface area (Å²) in [5, 5.41) is 7.62. The molecule has 0 atom stereocenters. The molecule has 1 saturated carbocycles. The van der Waals surface area contributed by atoms with Gasteiger partial charge in [0.15, 0.2) is 6.29 Å². The molecular formula is C29H35N5O4. The van der Waals surface area contributed by atoms with Crippen molar-refractivity contribution >= 4 is 12.0 Å². The SMILES string of the molecule is COc1ccc(-n2nc(CN=O)c(CCN(C)c3ccc(C4(CN5CCOCC5)CC4)cc3)c2C=O)cc1. The van der Waals surface area contributed by atoms with Crippen LogP contribution in [-0.4, -0.2) is 74.5 Å². The normalized spacial score (nSPS) is 16.7. The molecule has 9 nitrogen and oxygen atoms in total. The van der Waals surface area contributed by atoms with Gasteiger partial charge in [-0.2, -0.15) is 10.0 Å². The van der Waals surface area contributed by atoms with Crippen molar-refractivity contribution in [1.29, 1.82) is 0 Å². The first kappa shape index (κ1) is 26.1. The van der Waals surface area contributed by atoms with Gasteiger partial charge in [0.25, 0.3) is 0 Å². The van der Waals surface area contributed by atoms with E-state index < -0.39 is 0 Å². The number of aldehydes is 1. The second kappa shape index (κ2) is 11.4. The molecule has 2 aromatic carbocycles. The fourth-order valence-corrected chi connectivity index (χ4v) is 5.37. The Morgan fingerprint density at radius 3 is 2.42 bits per heavy atom. The van der Waals surface area contributed by atoms with E-state index in [1.807, 2.05) is 31.3 Å². The molecule has 1 aliphatic carbocycles. The third kappa shape index (κ3) is 5.49. The van der Waals surface area contributed by atoms with Gasteiger partial charge < -0.3 is 14.4 Å². The van der Waals surface area contributed by atoms with Crippen molar-refractivity contribution in [3.8, 4) is 11.4 Å². The van der Waals surface area contributed by atoms with Gasteiger partial charge in [0.05, 0.1) is 31.7 Å². The number of nitrogens with zero attached hydrogens (tertiary/aromatic N) is 5. The Labute approximate surface area is 223 Å². The maximum atomic E-state index is 12.1. The minimum absolute atomic E-state index is 0.0804. The zero-order chi connectivity index (χ0) is 26.5. The van der Waals surface area contributed by atoms with Gasteiger partial charge in [-0.05, 0) is 61.2 Å². The summed E-state index contributed by atoms with van der Waals surface area (Å²) in [6, 6.07) is 16.2. The highest BCUT2D eigenvalue weighted by atomic mass is 16.5. The van der Waals surface area contributed by atoms with Gasteiger partial charge in [0.2, 0.25) is 0 Å². The molecule has 0 amide bonds. The third-order valence-corrected chi connectivity index (χ3v) is 7.85. The number of carbonyl (C=O) groups is 1. The number of hydrogen-bond donors (Lipinski definition) is 0. The molecule has 3 aromatic rings. The van der Waals surface area contributed by atoms with Crippen molar-refractivity contribution in [2.45, 2.75) is 31.2 Å². The zero-order valence-corrected chi connectivity index (χ0v) is 22.1. The van der Waals surface area contributed by atoms with E-state index in [-0.39, 0.29) is 12.0 Å². The number of benzene rings is 2. The lowest BCUT2D eigenvalue weighted by Crippen LogP contribution is -2.41. The topological polar surface area (TPSA) is 89.3 Å². The number of morpholine rings is 1. The summed E-state index contributed by atoms with van der Waals surface area (Å²) >= 11 is 0. The average molecular weight is 518 g/mol. The first-order valence-electron chi connectivity index (χ1n) is 13.2. The fraction of sp³-hybridized carbons (Fsp3) is 0.448. The molecule has 0 radical (unpaired) electrons. The molecule has 200 valence electrons. The predicted molar refractivity (Wildman–Crippen MR) is 147 cm³/mol. The minimum Gasteiger partial charge on any atom is -0.497 e. The number of ether oxygens (including phenoxy) is 2. The summed E-state index contributed by atoms with van der Waals surface area (Å²) in [5.41, 5.74) is 5.24. The monoisotopic (exact) mass is 517 g/mol. The Hall–Kier alpha value is -3.56. The van der Waals surface area contributed by atoms with Crippen molar-refractivity contribution in [3.05, 3.63) is 76.0 Å². The van der Waals surface area contributed by atoms with Crippen molar-refractivity contribution in [2.75, 3.05) is 58.5 Å². The smallest absolute Gasteiger partial charge is 0.168 e. The van der Waals surface area contributed by atoms with Crippen LogP contribution in [0.5, 0.6) is 5.75 Å². The van der Waals surface area contributed by atoms with E-state index >= 15 is 0 Å². The lowest BCUT2D eigenvalue weighted by molar-refractivity contribution is 0.0336. The van der Waals surface area contributed by atoms with Crippen LogP contribution in [0.3, 0.4) is 0 Å². The minimum atomic E-state index is -0.0804. The molecule has 0 unspecified atom stereocenters. The standard InChI is InChI=1S/C29H35N5O4/c1-32(23-5-3-22(4-6-23)29(12-13-29)21-33-15-17-38-18-16-33)14-11-26-27(19-30-36)31-34(28(26)20-35)24-7-9-25(37-2)10-8-24/h3-10,20H,11-19,21H2,1-2H3. The molecule has 1 saturated heterocycles. The van der Waals surface area contributed by atoms with E-state index in [4.69, 9.17) is 9.47 Å². The van der Waals surface area contributed by atoms with Crippen molar-refractivity contribution in [2.24, 2.45) is 5.18 Å². The van der Waals surface area contributed by atoms with Gasteiger partial charge in [-0.3, -0.25) is 9.69 Å². The maximum absolute atomic E-state index is 12.1. The molecule has 5 rings (SSSR count). The summed E-state index contributed by atoms with van der Waals surface area (Å²) < 4.78 is 12.3. The Kier molecular flexibility index (Phi) is 7.85. The summed E-state index contributed by atoms with van der Waals surface area (Å²) in [6.45, 7) is 5.38. The highest BCUT2D eigenvalue weighted by Crippen LogP contribution is 2.49. The number of nitroso groups, excluding NO2 is 1. The number of carbonyl (C=O) groups excluding carboxylic acids is 1.